The number of terminal acetylenes is 1. The number of hydrogen-bond acceptors (Lipinski definition) is 5. The molecule has 0 aliphatic rings. The van der Waals surface area contributed by atoms with Gasteiger partial charge in [-0.05, 0) is 23.8 Å². The average Bonchev–Trinajstić information content (AvgIpc) is 2.74. The Kier molecular flexibility index (Phi) is 6.79. The molecule has 5 nitrogen and oxygen atoms in total. The SMILES string of the molecule is C#CCCC(=O)Cc1ccc2ncc(C#N)c(Nc3cc(OC)c(Cl)cc3Cl)c2c1. The molecule has 0 amide bonds. The Bertz CT molecular complexity index is 1210. The van der Waals surface area contributed by atoms with E-state index in [-0.39, 0.29) is 12.2 Å². The van der Waals surface area contributed by atoms with Crippen LogP contribution in [0.5, 0.6) is 5.75 Å². The predicted octanol–water partition coefficient (Wildman–Crippen LogP) is 5.69. The number of rotatable bonds is 7. The van der Waals surface area contributed by atoms with Gasteiger partial charge in [0.05, 0.1) is 39.6 Å². The summed E-state index contributed by atoms with van der Waals surface area (Å²) in [6.07, 6.45) is 7.72. The third-order valence-corrected chi connectivity index (χ3v) is 5.11. The topological polar surface area (TPSA) is 75.0 Å². The van der Waals surface area contributed by atoms with Gasteiger partial charge in [0.25, 0.3) is 0 Å². The van der Waals surface area contributed by atoms with Crippen LogP contribution in [0, 0.1) is 23.7 Å². The predicted molar refractivity (Wildman–Crippen MR) is 120 cm³/mol. The summed E-state index contributed by atoms with van der Waals surface area (Å²) in [5, 5.41) is 14.2. The van der Waals surface area contributed by atoms with Gasteiger partial charge in [-0.1, -0.05) is 29.3 Å². The third-order valence-electron chi connectivity index (χ3n) is 4.50. The van der Waals surface area contributed by atoms with Gasteiger partial charge in [0, 0.05) is 36.9 Å². The second-order valence-electron chi connectivity index (χ2n) is 6.52. The summed E-state index contributed by atoms with van der Waals surface area (Å²) >= 11 is 12.5. The molecule has 0 fully saturated rings. The van der Waals surface area contributed by atoms with Gasteiger partial charge in [-0.15, -0.1) is 12.3 Å². The van der Waals surface area contributed by atoms with E-state index in [1.165, 1.54) is 13.3 Å². The van der Waals surface area contributed by atoms with Crippen LogP contribution in [0.4, 0.5) is 11.4 Å². The summed E-state index contributed by atoms with van der Waals surface area (Å²) in [5.74, 6) is 2.97. The van der Waals surface area contributed by atoms with Crippen LogP contribution in [-0.4, -0.2) is 17.9 Å². The van der Waals surface area contributed by atoms with Crippen molar-refractivity contribution in [2.24, 2.45) is 0 Å². The van der Waals surface area contributed by atoms with Crippen molar-refractivity contribution in [3.8, 4) is 24.2 Å². The molecule has 3 aromatic rings. The van der Waals surface area contributed by atoms with Crippen molar-refractivity contribution in [1.29, 1.82) is 5.26 Å². The maximum atomic E-state index is 12.1. The normalized spacial score (nSPS) is 10.3. The van der Waals surface area contributed by atoms with E-state index in [2.05, 4.69) is 22.3 Å². The number of carbonyl (C=O) groups is 1. The number of fused-ring (bicyclic) bond motifs is 1. The summed E-state index contributed by atoms with van der Waals surface area (Å²) in [6.45, 7) is 0. The first-order valence-corrected chi connectivity index (χ1v) is 9.79. The minimum atomic E-state index is 0.0525. The van der Waals surface area contributed by atoms with Crippen molar-refractivity contribution in [1.82, 2.24) is 4.98 Å². The molecule has 0 aliphatic carbocycles. The summed E-state index contributed by atoms with van der Waals surface area (Å²) in [4.78, 5) is 16.5. The van der Waals surface area contributed by atoms with Crippen molar-refractivity contribution in [3.63, 3.8) is 0 Å². The molecule has 1 N–H and O–H groups in total. The van der Waals surface area contributed by atoms with Crippen molar-refractivity contribution in [3.05, 3.63) is 57.7 Å². The fourth-order valence-corrected chi connectivity index (χ4v) is 3.52. The molecular formula is C23H17Cl2N3O2. The van der Waals surface area contributed by atoms with E-state index >= 15 is 0 Å². The van der Waals surface area contributed by atoms with Crippen LogP contribution >= 0.6 is 23.2 Å². The number of hydrogen-bond donors (Lipinski definition) is 1. The molecule has 0 aliphatic heterocycles. The van der Waals surface area contributed by atoms with Crippen molar-refractivity contribution in [2.75, 3.05) is 12.4 Å². The smallest absolute Gasteiger partial charge is 0.139 e. The molecule has 0 atom stereocenters. The van der Waals surface area contributed by atoms with Gasteiger partial charge in [-0.2, -0.15) is 5.26 Å². The Morgan fingerprint density at radius 3 is 2.77 bits per heavy atom. The zero-order valence-electron chi connectivity index (χ0n) is 16.1. The number of Topliss-reactive ketones (excluding diaryl/α,β-unsaturated/α-hetero) is 1. The second kappa shape index (κ2) is 9.50. The molecule has 0 unspecified atom stereocenters. The van der Waals surface area contributed by atoms with Crippen LogP contribution in [0.15, 0.2) is 36.5 Å². The summed E-state index contributed by atoms with van der Waals surface area (Å²) in [7, 11) is 1.50. The van der Waals surface area contributed by atoms with Crippen LogP contribution in [0.2, 0.25) is 10.0 Å². The lowest BCUT2D eigenvalue weighted by Crippen LogP contribution is -2.03. The Morgan fingerprint density at radius 1 is 1.27 bits per heavy atom. The Morgan fingerprint density at radius 2 is 2.07 bits per heavy atom. The largest absolute Gasteiger partial charge is 0.495 e. The zero-order valence-corrected chi connectivity index (χ0v) is 17.6. The lowest BCUT2D eigenvalue weighted by atomic mass is 10.0. The summed E-state index contributed by atoms with van der Waals surface area (Å²) in [5.41, 5.74) is 2.88. The highest BCUT2D eigenvalue weighted by molar-refractivity contribution is 6.37. The number of methoxy groups -OCH3 is 1. The van der Waals surface area contributed by atoms with Crippen LogP contribution in [0.25, 0.3) is 10.9 Å². The van der Waals surface area contributed by atoms with Crippen molar-refractivity contribution in [2.45, 2.75) is 19.3 Å². The molecule has 0 bridgehead atoms. The number of ketones is 1. The van der Waals surface area contributed by atoms with Gasteiger partial charge in [-0.3, -0.25) is 9.78 Å². The molecule has 1 heterocycles. The molecule has 1 aromatic heterocycles. The number of halogens is 2. The van der Waals surface area contributed by atoms with Gasteiger partial charge in [-0.25, -0.2) is 0 Å². The standard InChI is InChI=1S/C23H17Cl2N3O2/c1-3-4-5-16(29)8-14-6-7-20-17(9-14)23(15(12-26)13-27-20)28-21-11-22(30-2)19(25)10-18(21)24/h1,6-7,9-11,13H,4-5,8H2,2H3,(H,27,28). The number of ether oxygens (including phenoxy) is 1. The van der Waals surface area contributed by atoms with Gasteiger partial charge < -0.3 is 10.1 Å². The first-order valence-electron chi connectivity index (χ1n) is 9.03. The minimum Gasteiger partial charge on any atom is -0.495 e. The summed E-state index contributed by atoms with van der Waals surface area (Å²) in [6, 6.07) is 10.9. The average molecular weight is 438 g/mol. The van der Waals surface area contributed by atoms with Gasteiger partial charge in [0.15, 0.2) is 0 Å². The first kappa shape index (κ1) is 21.5. The number of nitriles is 1. The highest BCUT2D eigenvalue weighted by Crippen LogP contribution is 2.38. The number of anilines is 2. The maximum Gasteiger partial charge on any atom is 0.139 e. The lowest BCUT2D eigenvalue weighted by molar-refractivity contribution is -0.118. The molecule has 0 spiro atoms. The molecule has 0 saturated carbocycles. The van der Waals surface area contributed by atoms with E-state index in [0.717, 1.165) is 5.56 Å². The van der Waals surface area contributed by atoms with E-state index < -0.39 is 0 Å². The van der Waals surface area contributed by atoms with Crippen molar-refractivity contribution < 1.29 is 9.53 Å². The lowest BCUT2D eigenvalue weighted by Gasteiger charge is -2.15. The second-order valence-corrected chi connectivity index (χ2v) is 7.34. The monoisotopic (exact) mass is 437 g/mol. The Labute approximate surface area is 184 Å². The Balaban J connectivity index is 2.06. The molecule has 0 saturated heterocycles. The number of carbonyl (C=O) groups excluding carboxylic acids is 1. The van der Waals surface area contributed by atoms with Gasteiger partial charge in [0.1, 0.15) is 17.6 Å². The molecular weight excluding hydrogens is 421 g/mol. The van der Waals surface area contributed by atoms with Crippen LogP contribution in [-0.2, 0) is 11.2 Å². The molecule has 2 aromatic carbocycles. The zero-order chi connectivity index (χ0) is 21.7. The van der Waals surface area contributed by atoms with E-state index in [1.807, 2.05) is 18.2 Å². The number of nitrogens with zero attached hydrogens (tertiary/aromatic N) is 2. The maximum absolute atomic E-state index is 12.1. The third kappa shape index (κ3) is 4.66. The van der Waals surface area contributed by atoms with Crippen molar-refractivity contribution >= 4 is 51.3 Å². The van der Waals surface area contributed by atoms with Crippen LogP contribution < -0.4 is 10.1 Å². The number of pyridine rings is 1. The fourth-order valence-electron chi connectivity index (χ4n) is 3.01. The number of nitrogens with one attached hydrogen (secondary N) is 1. The molecule has 150 valence electrons. The fraction of sp³-hybridized carbons (Fsp3) is 0.174. The van der Waals surface area contributed by atoms with Crippen LogP contribution in [0.1, 0.15) is 24.0 Å². The molecule has 3 rings (SSSR count). The molecule has 0 radical (unpaired) electrons. The van der Waals surface area contributed by atoms with Gasteiger partial charge >= 0.3 is 0 Å². The molecule has 7 heteroatoms. The quantitative estimate of drug-likeness (QED) is 0.480. The van der Waals surface area contributed by atoms with Gasteiger partial charge in [0.2, 0.25) is 0 Å². The molecule has 30 heavy (non-hydrogen) atoms. The van der Waals surface area contributed by atoms with E-state index in [9.17, 15) is 10.1 Å². The first-order chi connectivity index (χ1) is 14.5. The van der Waals surface area contributed by atoms with E-state index in [0.29, 0.717) is 56.5 Å². The van der Waals surface area contributed by atoms with E-state index in [1.54, 1.807) is 12.1 Å². The van der Waals surface area contributed by atoms with E-state index in [4.69, 9.17) is 34.4 Å². The Hall–Kier alpha value is -3.25. The highest BCUT2D eigenvalue weighted by atomic mass is 35.5. The number of benzene rings is 2. The van der Waals surface area contributed by atoms with Crippen LogP contribution in [0.3, 0.4) is 0 Å². The highest BCUT2D eigenvalue weighted by Gasteiger charge is 2.14. The number of aromatic nitrogens is 1. The summed E-state index contributed by atoms with van der Waals surface area (Å²) < 4.78 is 5.26. The minimum absolute atomic E-state index is 0.0525.